The normalized spacial score (nSPS) is 15.7. The number of aryl methyl sites for hydroxylation is 4. The van der Waals surface area contributed by atoms with Gasteiger partial charge < -0.3 is 9.67 Å². The third-order valence-electron chi connectivity index (χ3n) is 7.58. The number of aromatic amines is 1. The van der Waals surface area contributed by atoms with Crippen LogP contribution in [0.25, 0.3) is 33.7 Å². The Bertz CT molecular complexity index is 1590. The zero-order valence-corrected chi connectivity index (χ0v) is 22.1. The van der Waals surface area contributed by atoms with E-state index in [4.69, 9.17) is 9.97 Å². The molecule has 38 heavy (non-hydrogen) atoms. The fourth-order valence-corrected chi connectivity index (χ4v) is 5.78. The summed E-state index contributed by atoms with van der Waals surface area (Å²) in [4.78, 5) is 10.2. The van der Waals surface area contributed by atoms with Gasteiger partial charge in [-0.3, -0.25) is 0 Å². The molecule has 0 spiro atoms. The van der Waals surface area contributed by atoms with Crippen LogP contribution in [0.5, 0.6) is 0 Å². The molecular weight excluding hydrogens is 474 g/mol. The van der Waals surface area contributed by atoms with Crippen molar-refractivity contribution in [2.24, 2.45) is 0 Å². The Labute approximate surface area is 222 Å². The molecule has 5 aromatic rings. The molecule has 8 nitrogen and oxygen atoms in total. The molecule has 2 aromatic carbocycles. The lowest BCUT2D eigenvalue weighted by Crippen LogP contribution is -2.12. The molecule has 2 atom stereocenters. The summed E-state index contributed by atoms with van der Waals surface area (Å²) in [5.74, 6) is 1.70. The van der Waals surface area contributed by atoms with Gasteiger partial charge in [-0.05, 0) is 85.0 Å². The molecule has 194 valence electrons. The summed E-state index contributed by atoms with van der Waals surface area (Å²) >= 11 is 0. The highest BCUT2D eigenvalue weighted by Crippen LogP contribution is 2.40. The Morgan fingerprint density at radius 3 is 2.68 bits per heavy atom. The van der Waals surface area contributed by atoms with E-state index in [2.05, 4.69) is 69.4 Å². The highest BCUT2D eigenvalue weighted by molar-refractivity contribution is 5.81. The molecule has 0 radical (unpaired) electrons. The summed E-state index contributed by atoms with van der Waals surface area (Å²) in [6.07, 6.45) is 5.09. The molecular formula is C30H33N7O. The summed E-state index contributed by atoms with van der Waals surface area (Å²) in [6, 6.07) is 17.3. The second kappa shape index (κ2) is 10.1. The zero-order valence-electron chi connectivity index (χ0n) is 22.1. The highest BCUT2D eigenvalue weighted by atomic mass is 16.3. The number of nitrogens with zero attached hydrogens (tertiary/aromatic N) is 6. The number of fused-ring (bicyclic) bond motifs is 2. The van der Waals surface area contributed by atoms with Crippen molar-refractivity contribution in [2.75, 3.05) is 0 Å². The van der Waals surface area contributed by atoms with E-state index in [1.54, 1.807) is 0 Å². The summed E-state index contributed by atoms with van der Waals surface area (Å²) in [7, 11) is 0. The standard InChI is InChI=1S/C30H33N7O/c1-4-7-27-32-28-18(2)16-22(13-10-19(3)38)31-30(28)37(27)26-15-12-21-17-20(11-14-24(21)26)23-8-5-6-9-25(23)29-33-35-36-34-29/h5-6,8-9,11,14,16-17,19,26,38H,4,7,10,12-13,15H2,1-3H3,(H,33,34,35,36)/t19?,26-/m0/s1. The van der Waals surface area contributed by atoms with Crippen LogP contribution in [0.4, 0.5) is 0 Å². The van der Waals surface area contributed by atoms with E-state index in [-0.39, 0.29) is 12.1 Å². The van der Waals surface area contributed by atoms with Gasteiger partial charge in [0.25, 0.3) is 0 Å². The van der Waals surface area contributed by atoms with Gasteiger partial charge in [0.1, 0.15) is 11.3 Å². The van der Waals surface area contributed by atoms with Gasteiger partial charge >= 0.3 is 0 Å². The minimum Gasteiger partial charge on any atom is -0.393 e. The SMILES string of the molecule is CCCc1nc2c(C)cc(CCC(C)O)nc2n1[C@H]1CCc2cc(-c3ccccc3-c3nn[nH]n3)ccc21. The molecule has 0 fully saturated rings. The predicted molar refractivity (Wildman–Crippen MR) is 148 cm³/mol. The Morgan fingerprint density at radius 2 is 1.92 bits per heavy atom. The highest BCUT2D eigenvalue weighted by Gasteiger charge is 2.29. The third kappa shape index (κ3) is 4.39. The fourth-order valence-electron chi connectivity index (χ4n) is 5.78. The first kappa shape index (κ1) is 24.4. The molecule has 6 rings (SSSR count). The number of aliphatic hydroxyl groups is 1. The molecule has 1 aliphatic carbocycles. The molecule has 0 bridgehead atoms. The average molecular weight is 508 g/mol. The van der Waals surface area contributed by atoms with E-state index in [1.165, 1.54) is 11.1 Å². The van der Waals surface area contributed by atoms with Gasteiger partial charge in [0.15, 0.2) is 5.65 Å². The maximum atomic E-state index is 9.83. The number of aromatic nitrogens is 7. The number of benzene rings is 2. The Balaban J connectivity index is 1.42. The number of imidazole rings is 1. The Morgan fingerprint density at radius 1 is 1.08 bits per heavy atom. The van der Waals surface area contributed by atoms with Gasteiger partial charge in [0.2, 0.25) is 5.82 Å². The number of rotatable bonds is 8. The van der Waals surface area contributed by atoms with Crippen molar-refractivity contribution in [1.29, 1.82) is 0 Å². The molecule has 0 amide bonds. The minimum atomic E-state index is -0.338. The number of hydrogen-bond donors (Lipinski definition) is 2. The van der Waals surface area contributed by atoms with Gasteiger partial charge in [0.05, 0.1) is 12.1 Å². The summed E-state index contributed by atoms with van der Waals surface area (Å²) < 4.78 is 2.40. The van der Waals surface area contributed by atoms with Crippen LogP contribution < -0.4 is 0 Å². The van der Waals surface area contributed by atoms with Crippen LogP contribution in [0.3, 0.4) is 0 Å². The lowest BCUT2D eigenvalue weighted by atomic mass is 9.96. The summed E-state index contributed by atoms with van der Waals surface area (Å²) in [6.45, 7) is 6.16. The topological polar surface area (TPSA) is 105 Å². The van der Waals surface area contributed by atoms with Gasteiger partial charge in [-0.1, -0.05) is 49.4 Å². The van der Waals surface area contributed by atoms with Crippen molar-refractivity contribution in [3.8, 4) is 22.5 Å². The molecule has 0 saturated heterocycles. The van der Waals surface area contributed by atoms with Gasteiger partial charge in [-0.15, -0.1) is 10.2 Å². The molecule has 1 unspecified atom stereocenters. The minimum absolute atomic E-state index is 0.206. The number of tetrazole rings is 1. The van der Waals surface area contributed by atoms with Crippen LogP contribution in [-0.4, -0.2) is 46.4 Å². The molecule has 0 saturated carbocycles. The number of pyridine rings is 1. The van der Waals surface area contributed by atoms with Crippen LogP contribution in [0.1, 0.15) is 67.4 Å². The van der Waals surface area contributed by atoms with Crippen LogP contribution in [0.2, 0.25) is 0 Å². The number of nitrogens with one attached hydrogen (secondary N) is 1. The number of aliphatic hydroxyl groups excluding tert-OH is 1. The van der Waals surface area contributed by atoms with Crippen molar-refractivity contribution >= 4 is 11.2 Å². The zero-order chi connectivity index (χ0) is 26.2. The van der Waals surface area contributed by atoms with E-state index in [1.807, 2.05) is 25.1 Å². The first-order valence-electron chi connectivity index (χ1n) is 13.5. The van der Waals surface area contributed by atoms with Gasteiger partial charge in [0, 0.05) is 17.7 Å². The predicted octanol–water partition coefficient (Wildman–Crippen LogP) is 5.39. The second-order valence-corrected chi connectivity index (χ2v) is 10.4. The van der Waals surface area contributed by atoms with E-state index < -0.39 is 0 Å². The molecule has 3 heterocycles. The monoisotopic (exact) mass is 507 g/mol. The smallest absolute Gasteiger partial charge is 0.205 e. The van der Waals surface area contributed by atoms with Crippen LogP contribution in [0.15, 0.2) is 48.5 Å². The van der Waals surface area contributed by atoms with Crippen molar-refractivity contribution in [3.63, 3.8) is 0 Å². The van der Waals surface area contributed by atoms with Crippen molar-refractivity contribution < 1.29 is 5.11 Å². The summed E-state index contributed by atoms with van der Waals surface area (Å²) in [5.41, 5.74) is 10.1. The first-order valence-corrected chi connectivity index (χ1v) is 13.5. The average Bonchev–Trinajstić information content (AvgIpc) is 3.66. The van der Waals surface area contributed by atoms with Crippen LogP contribution in [0, 0.1) is 6.92 Å². The third-order valence-corrected chi connectivity index (χ3v) is 7.58. The number of H-pyrrole nitrogens is 1. The molecule has 8 heteroatoms. The Hall–Kier alpha value is -3.91. The quantitative estimate of drug-likeness (QED) is 0.292. The Kier molecular flexibility index (Phi) is 6.49. The molecule has 3 aromatic heterocycles. The second-order valence-electron chi connectivity index (χ2n) is 10.4. The van der Waals surface area contributed by atoms with Gasteiger partial charge in [-0.2, -0.15) is 5.21 Å². The van der Waals surface area contributed by atoms with E-state index in [0.29, 0.717) is 12.2 Å². The van der Waals surface area contributed by atoms with Crippen LogP contribution >= 0.6 is 0 Å². The largest absolute Gasteiger partial charge is 0.393 e. The molecule has 1 aliphatic rings. The van der Waals surface area contributed by atoms with Crippen molar-refractivity contribution in [3.05, 3.63) is 76.7 Å². The van der Waals surface area contributed by atoms with Crippen molar-refractivity contribution in [2.45, 2.75) is 71.4 Å². The lowest BCUT2D eigenvalue weighted by molar-refractivity contribution is 0.184. The van der Waals surface area contributed by atoms with E-state index in [9.17, 15) is 5.11 Å². The van der Waals surface area contributed by atoms with E-state index >= 15 is 0 Å². The number of hydrogen-bond acceptors (Lipinski definition) is 6. The van der Waals surface area contributed by atoms with Crippen molar-refractivity contribution in [1.82, 2.24) is 35.2 Å². The molecule has 2 N–H and O–H groups in total. The summed E-state index contributed by atoms with van der Waals surface area (Å²) in [5, 5.41) is 24.5. The van der Waals surface area contributed by atoms with Crippen LogP contribution in [-0.2, 0) is 19.3 Å². The lowest BCUT2D eigenvalue weighted by Gasteiger charge is -2.18. The maximum absolute atomic E-state index is 9.83. The first-order chi connectivity index (χ1) is 18.5. The fraction of sp³-hybridized carbons (Fsp3) is 0.367. The van der Waals surface area contributed by atoms with Gasteiger partial charge in [-0.25, -0.2) is 9.97 Å². The maximum Gasteiger partial charge on any atom is 0.205 e. The molecule has 0 aliphatic heterocycles. The van der Waals surface area contributed by atoms with E-state index in [0.717, 1.165) is 77.0 Å².